The van der Waals surface area contributed by atoms with Crippen LogP contribution in [0.25, 0.3) is 0 Å². The topological polar surface area (TPSA) is 111 Å². The van der Waals surface area contributed by atoms with Crippen LogP contribution in [0.2, 0.25) is 0 Å². The third-order valence-electron chi connectivity index (χ3n) is 4.39. The molecule has 0 bridgehead atoms. The fraction of sp³-hybridized carbons (Fsp3) is 1.00. The van der Waals surface area contributed by atoms with Gasteiger partial charge in [0, 0.05) is 12.1 Å². The normalized spacial score (nSPS) is 21.8. The Bertz CT molecular complexity index is 514. The summed E-state index contributed by atoms with van der Waals surface area (Å²) in [6, 6.07) is -0.192. The average molecular weight is 385 g/mol. The lowest BCUT2D eigenvalue weighted by Gasteiger charge is -2.22. The average Bonchev–Trinajstić information content (AvgIpc) is 2.53. The third-order valence-corrected chi connectivity index (χ3v) is 6.59. The van der Waals surface area contributed by atoms with E-state index in [1.165, 1.54) is 0 Å². The van der Waals surface area contributed by atoms with E-state index in [9.17, 15) is 16.8 Å². The van der Waals surface area contributed by atoms with Gasteiger partial charge in [-0.05, 0) is 25.7 Å². The van der Waals surface area contributed by atoms with E-state index in [4.69, 9.17) is 8.37 Å². The van der Waals surface area contributed by atoms with Crippen LogP contribution in [0, 0.1) is 0 Å². The first kappa shape index (κ1) is 20.1. The van der Waals surface area contributed by atoms with Crippen LogP contribution in [0.1, 0.15) is 64.2 Å². The molecule has 0 aromatic carbocycles. The standard InChI is InChI=1S/C14H28N2O6S2/c17-23(18,15-13-7-3-1-4-8-13)21-11-12-22-24(19,20)16-14-9-5-2-6-10-14/h13-16H,1-12H2. The van der Waals surface area contributed by atoms with Crippen LogP contribution >= 0.6 is 0 Å². The molecule has 0 atom stereocenters. The lowest BCUT2D eigenvalue weighted by atomic mass is 9.96. The smallest absolute Gasteiger partial charge is 0.256 e. The van der Waals surface area contributed by atoms with E-state index in [2.05, 4.69) is 9.44 Å². The molecule has 0 aliphatic heterocycles. The molecule has 142 valence electrons. The van der Waals surface area contributed by atoms with Gasteiger partial charge in [-0.15, -0.1) is 0 Å². The fourth-order valence-electron chi connectivity index (χ4n) is 3.20. The Hall–Kier alpha value is -0.260. The van der Waals surface area contributed by atoms with Crippen molar-refractivity contribution in [2.24, 2.45) is 0 Å². The molecule has 24 heavy (non-hydrogen) atoms. The number of nitrogens with one attached hydrogen (secondary N) is 2. The first-order chi connectivity index (χ1) is 11.4. The number of hydrogen-bond donors (Lipinski definition) is 2. The van der Waals surface area contributed by atoms with E-state index in [1.54, 1.807) is 0 Å². The minimum absolute atomic E-state index is 0.0960. The molecule has 2 N–H and O–H groups in total. The van der Waals surface area contributed by atoms with E-state index in [0.717, 1.165) is 64.2 Å². The Morgan fingerprint density at radius 1 is 0.625 bits per heavy atom. The van der Waals surface area contributed by atoms with Gasteiger partial charge in [0.1, 0.15) is 0 Å². The van der Waals surface area contributed by atoms with Gasteiger partial charge in [0.2, 0.25) is 0 Å². The van der Waals surface area contributed by atoms with E-state index in [0.29, 0.717) is 0 Å². The zero-order valence-electron chi connectivity index (χ0n) is 13.9. The van der Waals surface area contributed by atoms with Gasteiger partial charge in [0.05, 0.1) is 13.2 Å². The van der Waals surface area contributed by atoms with Crippen LogP contribution in [-0.4, -0.2) is 42.1 Å². The van der Waals surface area contributed by atoms with Gasteiger partial charge in [-0.3, -0.25) is 8.37 Å². The quantitative estimate of drug-likeness (QED) is 0.581. The minimum Gasteiger partial charge on any atom is -0.256 e. The van der Waals surface area contributed by atoms with E-state index < -0.39 is 20.6 Å². The molecule has 0 saturated heterocycles. The summed E-state index contributed by atoms with van der Waals surface area (Å²) in [6.45, 7) is -0.679. The van der Waals surface area contributed by atoms with Crippen molar-refractivity contribution in [3.63, 3.8) is 0 Å². The Labute approximate surface area is 145 Å². The van der Waals surface area contributed by atoms with Crippen molar-refractivity contribution in [2.75, 3.05) is 13.2 Å². The van der Waals surface area contributed by atoms with Crippen molar-refractivity contribution in [1.82, 2.24) is 9.44 Å². The molecule has 0 aromatic heterocycles. The predicted octanol–water partition coefficient (Wildman–Crippen LogP) is 1.35. The third kappa shape index (κ3) is 7.75. The monoisotopic (exact) mass is 384 g/mol. The van der Waals surface area contributed by atoms with Crippen LogP contribution in [0.4, 0.5) is 0 Å². The van der Waals surface area contributed by atoms with Gasteiger partial charge in [0.25, 0.3) is 0 Å². The maximum atomic E-state index is 11.8. The van der Waals surface area contributed by atoms with Crippen LogP contribution in [0.3, 0.4) is 0 Å². The summed E-state index contributed by atoms with van der Waals surface area (Å²) in [5, 5.41) is 0. The highest BCUT2D eigenvalue weighted by atomic mass is 32.2. The molecule has 2 fully saturated rings. The highest BCUT2D eigenvalue weighted by molar-refractivity contribution is 7.85. The second-order valence-electron chi connectivity index (χ2n) is 6.46. The summed E-state index contributed by atoms with van der Waals surface area (Å²) in [5.41, 5.74) is 0. The predicted molar refractivity (Wildman–Crippen MR) is 89.8 cm³/mol. The van der Waals surface area contributed by atoms with Gasteiger partial charge >= 0.3 is 20.6 Å². The van der Waals surface area contributed by atoms with E-state index >= 15 is 0 Å². The lowest BCUT2D eigenvalue weighted by Crippen LogP contribution is -2.39. The first-order valence-electron chi connectivity index (χ1n) is 8.70. The summed E-state index contributed by atoms with van der Waals surface area (Å²) in [7, 11) is -7.74. The van der Waals surface area contributed by atoms with Crippen LogP contribution in [0.5, 0.6) is 0 Å². The highest BCUT2D eigenvalue weighted by Gasteiger charge is 2.22. The Kier molecular flexibility index (Phi) is 7.89. The molecule has 10 heteroatoms. The Morgan fingerprint density at radius 3 is 1.29 bits per heavy atom. The maximum absolute atomic E-state index is 11.8. The number of hydrogen-bond acceptors (Lipinski definition) is 6. The molecular formula is C14H28N2O6S2. The highest BCUT2D eigenvalue weighted by Crippen LogP contribution is 2.19. The molecule has 0 unspecified atom stereocenters. The summed E-state index contributed by atoms with van der Waals surface area (Å²) in [5.74, 6) is 0. The van der Waals surface area contributed by atoms with Gasteiger partial charge in [0.15, 0.2) is 0 Å². The molecule has 8 nitrogen and oxygen atoms in total. The van der Waals surface area contributed by atoms with Gasteiger partial charge in [-0.25, -0.2) is 0 Å². The largest absolute Gasteiger partial charge is 0.336 e. The minimum atomic E-state index is -3.87. The lowest BCUT2D eigenvalue weighted by molar-refractivity contribution is 0.214. The van der Waals surface area contributed by atoms with Crippen molar-refractivity contribution in [3.05, 3.63) is 0 Å². The number of rotatable bonds is 9. The molecule has 2 rings (SSSR count). The maximum Gasteiger partial charge on any atom is 0.336 e. The SMILES string of the molecule is O=S(=O)(NC1CCCCC1)OCCOS(=O)(=O)NC1CCCCC1. The molecule has 2 aliphatic carbocycles. The summed E-state index contributed by atoms with van der Waals surface area (Å²) in [4.78, 5) is 0. The van der Waals surface area contributed by atoms with Crippen molar-refractivity contribution in [2.45, 2.75) is 76.3 Å². The van der Waals surface area contributed by atoms with Gasteiger partial charge in [-0.1, -0.05) is 38.5 Å². The summed E-state index contributed by atoms with van der Waals surface area (Å²) in [6.07, 6.45) is 9.47. The van der Waals surface area contributed by atoms with Crippen LogP contribution < -0.4 is 9.44 Å². The molecule has 0 heterocycles. The van der Waals surface area contributed by atoms with Gasteiger partial charge < -0.3 is 0 Å². The van der Waals surface area contributed by atoms with Crippen molar-refractivity contribution < 1.29 is 25.2 Å². The van der Waals surface area contributed by atoms with Crippen LogP contribution in [-0.2, 0) is 29.0 Å². The summed E-state index contributed by atoms with van der Waals surface area (Å²) >= 11 is 0. The zero-order valence-corrected chi connectivity index (χ0v) is 15.5. The molecule has 0 spiro atoms. The Balaban J connectivity index is 1.65. The Morgan fingerprint density at radius 2 is 0.958 bits per heavy atom. The fourth-order valence-corrected chi connectivity index (χ4v) is 5.20. The zero-order chi connectivity index (χ0) is 17.5. The summed E-state index contributed by atoms with van der Waals surface area (Å²) < 4.78 is 61.6. The van der Waals surface area contributed by atoms with E-state index in [-0.39, 0.29) is 25.3 Å². The molecular weight excluding hydrogens is 356 g/mol. The van der Waals surface area contributed by atoms with Crippen molar-refractivity contribution in [3.8, 4) is 0 Å². The molecule has 2 aliphatic rings. The molecule has 2 saturated carbocycles. The van der Waals surface area contributed by atoms with Crippen molar-refractivity contribution >= 4 is 20.6 Å². The van der Waals surface area contributed by atoms with Gasteiger partial charge in [-0.2, -0.15) is 26.3 Å². The van der Waals surface area contributed by atoms with Crippen molar-refractivity contribution in [1.29, 1.82) is 0 Å². The van der Waals surface area contributed by atoms with E-state index in [1.807, 2.05) is 0 Å². The first-order valence-corrected chi connectivity index (χ1v) is 11.5. The second-order valence-corrected chi connectivity index (χ2v) is 9.22. The second kappa shape index (κ2) is 9.44. The molecule has 0 radical (unpaired) electrons. The molecule has 0 aromatic rings. The molecule has 0 amide bonds. The van der Waals surface area contributed by atoms with Crippen LogP contribution in [0.15, 0.2) is 0 Å².